The van der Waals surface area contributed by atoms with E-state index in [1.165, 1.54) is 0 Å². The van der Waals surface area contributed by atoms with Gasteiger partial charge in [-0.3, -0.25) is 4.79 Å². The fourth-order valence-electron chi connectivity index (χ4n) is 2.94. The third kappa shape index (κ3) is 3.73. The Kier molecular flexibility index (Phi) is 5.01. The van der Waals surface area contributed by atoms with Crippen LogP contribution < -0.4 is 5.73 Å². The van der Waals surface area contributed by atoms with Crippen molar-refractivity contribution in [1.29, 1.82) is 0 Å². The Bertz CT molecular complexity index is 436. The first kappa shape index (κ1) is 14.9. The lowest BCUT2D eigenvalue weighted by atomic mass is 9.90. The van der Waals surface area contributed by atoms with Crippen LogP contribution in [0.2, 0.25) is 0 Å². The molecule has 0 saturated heterocycles. The van der Waals surface area contributed by atoms with Gasteiger partial charge in [0.25, 0.3) is 0 Å². The summed E-state index contributed by atoms with van der Waals surface area (Å²) < 4.78 is 0. The fraction of sp³-hybridized carbons (Fsp3) is 0.562. The van der Waals surface area contributed by atoms with Crippen LogP contribution >= 0.6 is 0 Å². The predicted octanol–water partition coefficient (Wildman–Crippen LogP) is 2.05. The minimum atomic E-state index is 0.165. The van der Waals surface area contributed by atoms with Crippen LogP contribution in [0.3, 0.4) is 0 Å². The van der Waals surface area contributed by atoms with Crippen molar-refractivity contribution >= 4 is 5.91 Å². The van der Waals surface area contributed by atoms with Gasteiger partial charge in [0.1, 0.15) is 5.75 Å². The van der Waals surface area contributed by atoms with Crippen LogP contribution in [0.1, 0.15) is 38.2 Å². The van der Waals surface area contributed by atoms with E-state index in [9.17, 15) is 9.90 Å². The van der Waals surface area contributed by atoms with Gasteiger partial charge in [-0.05, 0) is 50.3 Å². The highest BCUT2D eigenvalue weighted by molar-refractivity contribution is 5.79. The maximum absolute atomic E-state index is 12.4. The summed E-state index contributed by atoms with van der Waals surface area (Å²) in [6, 6.07) is 7.49. The van der Waals surface area contributed by atoms with Gasteiger partial charge in [-0.2, -0.15) is 0 Å². The Balaban J connectivity index is 1.96. The van der Waals surface area contributed by atoms with Crippen molar-refractivity contribution in [3.8, 4) is 5.75 Å². The molecule has 0 aliphatic heterocycles. The number of phenolic OH excluding ortho intramolecular Hbond substituents is 1. The summed E-state index contributed by atoms with van der Waals surface area (Å²) >= 11 is 0. The second-order valence-corrected chi connectivity index (χ2v) is 5.59. The molecule has 0 unspecified atom stereocenters. The van der Waals surface area contributed by atoms with E-state index in [0.29, 0.717) is 18.5 Å². The summed E-state index contributed by atoms with van der Waals surface area (Å²) in [5, 5.41) is 9.27. The number of aromatic hydroxyl groups is 1. The van der Waals surface area contributed by atoms with Crippen molar-refractivity contribution < 1.29 is 9.90 Å². The topological polar surface area (TPSA) is 66.6 Å². The molecule has 1 aliphatic carbocycles. The summed E-state index contributed by atoms with van der Waals surface area (Å²) in [6.45, 7) is 2.78. The number of nitrogens with zero attached hydrogens (tertiary/aromatic N) is 1. The zero-order valence-electron chi connectivity index (χ0n) is 12.1. The van der Waals surface area contributed by atoms with Gasteiger partial charge in [0.05, 0.1) is 6.42 Å². The second kappa shape index (κ2) is 6.75. The SMILES string of the molecule is CCN(C(=O)Cc1ccc(O)cc1)C1CCC(N)CC1. The number of carbonyl (C=O) groups excluding carboxylic acids is 1. The molecule has 1 aliphatic rings. The van der Waals surface area contributed by atoms with E-state index in [2.05, 4.69) is 0 Å². The summed E-state index contributed by atoms with van der Waals surface area (Å²) in [5.41, 5.74) is 6.87. The van der Waals surface area contributed by atoms with Crippen LogP contribution in [0.5, 0.6) is 5.75 Å². The molecule has 0 heterocycles. The smallest absolute Gasteiger partial charge is 0.227 e. The van der Waals surface area contributed by atoms with Crippen molar-refractivity contribution in [2.45, 2.75) is 51.1 Å². The molecule has 0 aromatic heterocycles. The largest absolute Gasteiger partial charge is 0.508 e. The average Bonchev–Trinajstić information content (AvgIpc) is 2.44. The molecule has 20 heavy (non-hydrogen) atoms. The molecular weight excluding hydrogens is 252 g/mol. The number of benzene rings is 1. The van der Waals surface area contributed by atoms with E-state index in [1.54, 1.807) is 24.3 Å². The zero-order valence-corrected chi connectivity index (χ0v) is 12.1. The predicted molar refractivity (Wildman–Crippen MR) is 79.4 cm³/mol. The molecule has 1 amide bonds. The van der Waals surface area contributed by atoms with Crippen LogP contribution in [0, 0.1) is 0 Å². The van der Waals surface area contributed by atoms with E-state index in [4.69, 9.17) is 5.73 Å². The monoisotopic (exact) mass is 276 g/mol. The molecular formula is C16H24N2O2. The van der Waals surface area contributed by atoms with Crippen LogP contribution in [-0.2, 0) is 11.2 Å². The first-order valence-electron chi connectivity index (χ1n) is 7.43. The zero-order chi connectivity index (χ0) is 14.5. The lowest BCUT2D eigenvalue weighted by Gasteiger charge is -2.35. The molecule has 0 bridgehead atoms. The van der Waals surface area contributed by atoms with Gasteiger partial charge in [-0.25, -0.2) is 0 Å². The molecule has 110 valence electrons. The fourth-order valence-corrected chi connectivity index (χ4v) is 2.94. The van der Waals surface area contributed by atoms with Gasteiger partial charge in [0.2, 0.25) is 5.91 Å². The van der Waals surface area contributed by atoms with E-state index in [0.717, 1.165) is 37.8 Å². The lowest BCUT2D eigenvalue weighted by molar-refractivity contribution is -0.133. The molecule has 0 atom stereocenters. The van der Waals surface area contributed by atoms with Gasteiger partial charge in [-0.15, -0.1) is 0 Å². The summed E-state index contributed by atoms with van der Waals surface area (Å²) in [7, 11) is 0. The van der Waals surface area contributed by atoms with E-state index in [1.807, 2.05) is 11.8 Å². The van der Waals surface area contributed by atoms with E-state index < -0.39 is 0 Å². The van der Waals surface area contributed by atoms with Gasteiger partial charge in [0.15, 0.2) is 0 Å². The van der Waals surface area contributed by atoms with Gasteiger partial charge >= 0.3 is 0 Å². The number of rotatable bonds is 4. The van der Waals surface area contributed by atoms with Crippen LogP contribution in [0.4, 0.5) is 0 Å². The Morgan fingerprint density at radius 3 is 2.40 bits per heavy atom. The van der Waals surface area contributed by atoms with Crippen LogP contribution in [-0.4, -0.2) is 34.5 Å². The minimum absolute atomic E-state index is 0.165. The van der Waals surface area contributed by atoms with E-state index in [-0.39, 0.29) is 11.7 Å². The maximum Gasteiger partial charge on any atom is 0.227 e. The molecule has 1 saturated carbocycles. The number of likely N-dealkylation sites (N-methyl/N-ethyl adjacent to an activating group) is 1. The highest BCUT2D eigenvalue weighted by atomic mass is 16.3. The molecule has 1 aromatic carbocycles. The van der Waals surface area contributed by atoms with Gasteiger partial charge in [-0.1, -0.05) is 12.1 Å². The van der Waals surface area contributed by atoms with Crippen molar-refractivity contribution in [2.24, 2.45) is 5.73 Å². The highest BCUT2D eigenvalue weighted by Crippen LogP contribution is 2.23. The Hall–Kier alpha value is -1.55. The van der Waals surface area contributed by atoms with Crippen molar-refractivity contribution in [1.82, 2.24) is 4.90 Å². The number of nitrogens with two attached hydrogens (primary N) is 1. The third-order valence-electron chi connectivity index (χ3n) is 4.13. The molecule has 3 N–H and O–H groups in total. The van der Waals surface area contributed by atoms with Crippen LogP contribution in [0.15, 0.2) is 24.3 Å². The quantitative estimate of drug-likeness (QED) is 0.884. The summed E-state index contributed by atoms with van der Waals surface area (Å²) in [5.74, 6) is 0.397. The number of phenols is 1. The normalized spacial score (nSPS) is 22.5. The Labute approximate surface area is 120 Å². The van der Waals surface area contributed by atoms with Crippen molar-refractivity contribution in [2.75, 3.05) is 6.54 Å². The summed E-state index contributed by atoms with van der Waals surface area (Å²) in [6.07, 6.45) is 4.44. The molecule has 1 aromatic rings. The first-order chi connectivity index (χ1) is 9.60. The Morgan fingerprint density at radius 2 is 1.85 bits per heavy atom. The molecule has 0 spiro atoms. The van der Waals surface area contributed by atoms with Gasteiger partial charge in [0, 0.05) is 18.6 Å². The average molecular weight is 276 g/mol. The summed E-state index contributed by atoms with van der Waals surface area (Å²) in [4.78, 5) is 14.4. The number of amides is 1. The number of hydrogen-bond acceptors (Lipinski definition) is 3. The minimum Gasteiger partial charge on any atom is -0.508 e. The molecule has 2 rings (SSSR count). The van der Waals surface area contributed by atoms with Crippen molar-refractivity contribution in [3.63, 3.8) is 0 Å². The highest BCUT2D eigenvalue weighted by Gasteiger charge is 2.26. The maximum atomic E-state index is 12.4. The third-order valence-corrected chi connectivity index (χ3v) is 4.13. The standard InChI is InChI=1S/C16H24N2O2/c1-2-18(14-7-5-13(17)6-8-14)16(20)11-12-3-9-15(19)10-4-12/h3-4,9-10,13-14,19H,2,5-8,11,17H2,1H3. The molecule has 4 nitrogen and oxygen atoms in total. The number of hydrogen-bond donors (Lipinski definition) is 2. The van der Waals surface area contributed by atoms with Crippen molar-refractivity contribution in [3.05, 3.63) is 29.8 Å². The molecule has 4 heteroatoms. The Morgan fingerprint density at radius 1 is 1.25 bits per heavy atom. The lowest BCUT2D eigenvalue weighted by Crippen LogP contribution is -2.44. The molecule has 0 radical (unpaired) electrons. The second-order valence-electron chi connectivity index (χ2n) is 5.59. The first-order valence-corrected chi connectivity index (χ1v) is 7.43. The number of carbonyl (C=O) groups is 1. The van der Waals surface area contributed by atoms with E-state index >= 15 is 0 Å². The van der Waals surface area contributed by atoms with Gasteiger partial charge < -0.3 is 15.7 Å². The van der Waals surface area contributed by atoms with Crippen LogP contribution in [0.25, 0.3) is 0 Å². The molecule has 1 fully saturated rings.